The molecule has 1 heterocycles. The van der Waals surface area contributed by atoms with E-state index in [1.807, 2.05) is 0 Å². The van der Waals surface area contributed by atoms with Crippen molar-refractivity contribution < 1.29 is 0 Å². The molecule has 9 aromatic carbocycles. The highest BCUT2D eigenvalue weighted by Crippen LogP contribution is 2.52. The second kappa shape index (κ2) is 14.1. The van der Waals surface area contributed by atoms with Crippen molar-refractivity contribution in [1.82, 2.24) is 4.57 Å². The lowest BCUT2D eigenvalue weighted by molar-refractivity contribution is 0.660. The summed E-state index contributed by atoms with van der Waals surface area (Å²) in [6, 6.07) is 71.9. The van der Waals surface area contributed by atoms with E-state index in [4.69, 9.17) is 0 Å². The molecule has 0 saturated heterocycles. The molecule has 0 saturated carbocycles. The van der Waals surface area contributed by atoms with Crippen molar-refractivity contribution in [2.75, 3.05) is 4.90 Å². The van der Waals surface area contributed by atoms with E-state index < -0.39 is 0 Å². The Hall–Kier alpha value is -7.42. The molecule has 0 aliphatic heterocycles. The van der Waals surface area contributed by atoms with Gasteiger partial charge in [0.1, 0.15) is 0 Å². The lowest BCUT2D eigenvalue weighted by atomic mass is 9.81. The van der Waals surface area contributed by atoms with Crippen LogP contribution < -0.4 is 4.90 Å². The minimum Gasteiger partial charge on any atom is -0.313 e. The molecule has 2 aliphatic rings. The highest BCUT2D eigenvalue weighted by atomic mass is 15.2. The van der Waals surface area contributed by atoms with Crippen molar-refractivity contribution >= 4 is 60.4 Å². The third kappa shape index (κ3) is 5.63. The van der Waals surface area contributed by atoms with Crippen LogP contribution in [0, 0.1) is 5.92 Å². The van der Waals surface area contributed by atoms with Gasteiger partial charge in [-0.25, -0.2) is 0 Å². The van der Waals surface area contributed by atoms with Crippen LogP contribution in [0.1, 0.15) is 38.3 Å². The number of anilines is 2. The Kier molecular flexibility index (Phi) is 8.27. The maximum Gasteiger partial charge on any atom is 0.0537 e. The van der Waals surface area contributed by atoms with Crippen LogP contribution in [-0.4, -0.2) is 4.57 Å². The van der Waals surface area contributed by atoms with E-state index >= 15 is 0 Å². The molecule has 2 heteroatoms. The Balaban J connectivity index is 1.01. The van der Waals surface area contributed by atoms with Crippen LogP contribution in [0.4, 0.5) is 11.4 Å². The second-order valence-corrected chi connectivity index (χ2v) is 17.8. The number of fused-ring (bicyclic) bond motifs is 9. The predicted octanol–water partition coefficient (Wildman–Crippen LogP) is 16.3. The Bertz CT molecular complexity index is 3420. The van der Waals surface area contributed by atoms with Gasteiger partial charge >= 0.3 is 0 Å². The molecular weight excluding hydrogens is 749 g/mol. The molecule has 62 heavy (non-hydrogen) atoms. The summed E-state index contributed by atoms with van der Waals surface area (Å²) in [5.41, 5.74) is 17.5. The molecular formula is C60H46N2. The molecule has 10 aromatic rings. The minimum atomic E-state index is -0.182. The van der Waals surface area contributed by atoms with Crippen LogP contribution in [0.2, 0.25) is 0 Å². The fourth-order valence-electron chi connectivity index (χ4n) is 10.6. The first-order valence-electron chi connectivity index (χ1n) is 22.0. The summed E-state index contributed by atoms with van der Waals surface area (Å²) in [5.74, 6) is 0.330. The zero-order chi connectivity index (χ0) is 41.5. The average molecular weight is 795 g/mol. The Labute approximate surface area is 363 Å². The summed E-state index contributed by atoms with van der Waals surface area (Å²) in [7, 11) is 0. The molecule has 0 amide bonds. The molecule has 296 valence electrons. The molecule has 0 radical (unpaired) electrons. The minimum absolute atomic E-state index is 0.182. The summed E-state index contributed by atoms with van der Waals surface area (Å²) in [4.78, 5) is 2.49. The number of benzene rings is 9. The van der Waals surface area contributed by atoms with E-state index in [2.05, 4.69) is 237 Å². The maximum absolute atomic E-state index is 2.51. The number of nitrogens with zero attached hydrogens (tertiary/aromatic N) is 2. The number of hydrogen-bond donors (Lipinski definition) is 0. The molecule has 1 aromatic heterocycles. The lowest BCUT2D eigenvalue weighted by Gasteiger charge is -2.32. The van der Waals surface area contributed by atoms with Crippen molar-refractivity contribution in [1.29, 1.82) is 0 Å². The van der Waals surface area contributed by atoms with Gasteiger partial charge in [0.2, 0.25) is 0 Å². The Morgan fingerprint density at radius 2 is 1.08 bits per heavy atom. The van der Waals surface area contributed by atoms with E-state index in [1.165, 1.54) is 99.3 Å². The van der Waals surface area contributed by atoms with Gasteiger partial charge in [-0.1, -0.05) is 179 Å². The van der Waals surface area contributed by atoms with Gasteiger partial charge in [-0.15, -0.1) is 0 Å². The quantitative estimate of drug-likeness (QED) is 0.152. The van der Waals surface area contributed by atoms with Crippen LogP contribution in [0.25, 0.3) is 82.4 Å². The fraction of sp³-hybridized carbons (Fsp3) is 0.100. The number of aromatic nitrogens is 1. The van der Waals surface area contributed by atoms with Gasteiger partial charge in [0.25, 0.3) is 0 Å². The van der Waals surface area contributed by atoms with Gasteiger partial charge in [0.05, 0.1) is 11.0 Å². The average Bonchev–Trinajstić information content (AvgIpc) is 3.77. The van der Waals surface area contributed by atoms with Crippen LogP contribution in [0.3, 0.4) is 0 Å². The van der Waals surface area contributed by atoms with Crippen LogP contribution in [-0.2, 0) is 5.41 Å². The molecule has 2 aliphatic carbocycles. The highest BCUT2D eigenvalue weighted by molar-refractivity contribution is 6.12. The van der Waals surface area contributed by atoms with Crippen LogP contribution >= 0.6 is 0 Å². The molecule has 2 nitrogen and oxygen atoms in total. The van der Waals surface area contributed by atoms with Gasteiger partial charge in [-0.3, -0.25) is 0 Å². The maximum atomic E-state index is 2.51. The van der Waals surface area contributed by atoms with Crippen molar-refractivity contribution in [3.63, 3.8) is 0 Å². The first-order chi connectivity index (χ1) is 30.4. The highest BCUT2D eigenvalue weighted by Gasteiger charge is 2.36. The fourth-order valence-corrected chi connectivity index (χ4v) is 10.6. The molecule has 0 N–H and O–H groups in total. The topological polar surface area (TPSA) is 8.17 Å². The predicted molar refractivity (Wildman–Crippen MR) is 264 cm³/mol. The van der Waals surface area contributed by atoms with Gasteiger partial charge < -0.3 is 9.47 Å². The van der Waals surface area contributed by atoms with Gasteiger partial charge in [0, 0.05) is 44.9 Å². The van der Waals surface area contributed by atoms with Crippen molar-refractivity contribution in [3.8, 4) is 33.4 Å². The van der Waals surface area contributed by atoms with E-state index in [1.54, 1.807) is 0 Å². The van der Waals surface area contributed by atoms with E-state index in [0.717, 1.165) is 17.8 Å². The van der Waals surface area contributed by atoms with Gasteiger partial charge in [-0.05, 0) is 121 Å². The zero-order valence-corrected chi connectivity index (χ0v) is 35.3. The molecule has 0 bridgehead atoms. The molecule has 1 unspecified atom stereocenters. The smallest absolute Gasteiger partial charge is 0.0537 e. The number of rotatable bonds is 6. The first kappa shape index (κ1) is 36.4. The summed E-state index contributed by atoms with van der Waals surface area (Å²) >= 11 is 0. The Morgan fingerprint density at radius 3 is 1.84 bits per heavy atom. The SMILES string of the molecule is CC1CC=C(N(c2ccc(-c3cccc4c3ccc3ccccc34)cc2)c2ccc3c(c2)C(C)(C)c2cc(-c4ccccc4)ccc2-3)C=C1n1c2ccccc2c2ccccc21. The van der Waals surface area contributed by atoms with Crippen LogP contribution in [0.5, 0.6) is 0 Å². The van der Waals surface area contributed by atoms with Gasteiger partial charge in [0.15, 0.2) is 0 Å². The molecule has 1 atom stereocenters. The first-order valence-corrected chi connectivity index (χ1v) is 22.0. The number of allylic oxidation sites excluding steroid dienone is 3. The standard InChI is InChI=1S/C60H46N2/c1-39-24-29-46(38-59(39)62-57-22-11-9-18-53(57)54-19-10-12-23-58(54)62)61(44-30-25-42(26-31-44)48-20-13-21-49-47-17-8-7-16-41(47)27-33-50(48)49)45-32-35-52-51-34-28-43(40-14-5-4-6-15-40)36-55(51)60(2,3)56(52)37-45/h4-23,25-39H,24H2,1-3H3. The largest absolute Gasteiger partial charge is 0.313 e. The monoisotopic (exact) mass is 794 g/mol. The number of para-hydroxylation sites is 2. The molecule has 0 fully saturated rings. The third-order valence-corrected chi connectivity index (χ3v) is 13.8. The normalized spacial score (nSPS) is 15.4. The summed E-state index contributed by atoms with van der Waals surface area (Å²) in [5, 5.41) is 7.69. The van der Waals surface area contributed by atoms with Crippen molar-refractivity contribution in [2.45, 2.75) is 32.6 Å². The second-order valence-electron chi connectivity index (χ2n) is 17.8. The summed E-state index contributed by atoms with van der Waals surface area (Å²) in [6.07, 6.45) is 5.84. The summed E-state index contributed by atoms with van der Waals surface area (Å²) in [6.45, 7) is 7.16. The van der Waals surface area contributed by atoms with E-state index in [-0.39, 0.29) is 5.41 Å². The lowest BCUT2D eigenvalue weighted by Crippen LogP contribution is -2.21. The van der Waals surface area contributed by atoms with Crippen LogP contribution in [0.15, 0.2) is 212 Å². The van der Waals surface area contributed by atoms with Crippen molar-refractivity contribution in [2.24, 2.45) is 5.92 Å². The zero-order valence-electron chi connectivity index (χ0n) is 35.3. The van der Waals surface area contributed by atoms with E-state index in [0.29, 0.717) is 5.92 Å². The molecule has 0 spiro atoms. The third-order valence-electron chi connectivity index (χ3n) is 13.8. The summed E-state index contributed by atoms with van der Waals surface area (Å²) < 4.78 is 2.51. The van der Waals surface area contributed by atoms with Crippen molar-refractivity contribution in [3.05, 3.63) is 223 Å². The molecule has 12 rings (SSSR count). The number of hydrogen-bond acceptors (Lipinski definition) is 1. The Morgan fingerprint density at radius 1 is 0.468 bits per heavy atom. The van der Waals surface area contributed by atoms with Gasteiger partial charge in [-0.2, -0.15) is 0 Å². The van der Waals surface area contributed by atoms with E-state index in [9.17, 15) is 0 Å².